The number of ether oxygens (including phenoxy) is 1. The van der Waals surface area contributed by atoms with Gasteiger partial charge in [-0.15, -0.1) is 11.3 Å². The van der Waals surface area contributed by atoms with Crippen LogP contribution in [0.2, 0.25) is 0 Å². The minimum atomic E-state index is -0.00311. The summed E-state index contributed by atoms with van der Waals surface area (Å²) in [6, 6.07) is 30.0. The van der Waals surface area contributed by atoms with Crippen molar-refractivity contribution in [3.63, 3.8) is 0 Å². The molecule has 0 spiro atoms. The van der Waals surface area contributed by atoms with Gasteiger partial charge in [-0.25, -0.2) is 0 Å². The second-order valence-corrected chi connectivity index (χ2v) is 9.49. The van der Waals surface area contributed by atoms with Gasteiger partial charge in [-0.05, 0) is 56.0 Å². The van der Waals surface area contributed by atoms with Gasteiger partial charge in [-0.3, -0.25) is 4.79 Å². The predicted octanol–water partition coefficient (Wildman–Crippen LogP) is 7.81. The number of carbonyl (C=O) groups excluding carboxylic acids is 1. The molecule has 0 atom stereocenters. The summed E-state index contributed by atoms with van der Waals surface area (Å²) in [7, 11) is 0. The fraction of sp³-hybridized carbons (Fsp3) is 0.0714. The molecule has 3 nitrogen and oxygen atoms in total. The Morgan fingerprint density at radius 2 is 1.73 bits per heavy atom. The fourth-order valence-electron chi connectivity index (χ4n) is 4.03. The van der Waals surface area contributed by atoms with Gasteiger partial charge in [0, 0.05) is 26.9 Å². The van der Waals surface area contributed by atoms with Gasteiger partial charge in [0.15, 0.2) is 12.4 Å². The maximum atomic E-state index is 13.5. The van der Waals surface area contributed by atoms with E-state index in [0.717, 1.165) is 46.9 Å². The molecule has 160 valence electrons. The molecule has 0 aliphatic carbocycles. The normalized spacial score (nSPS) is 10.9. The molecule has 0 unspecified atom stereocenters. The van der Waals surface area contributed by atoms with E-state index < -0.39 is 0 Å². The lowest BCUT2D eigenvalue weighted by atomic mass is 9.97. The summed E-state index contributed by atoms with van der Waals surface area (Å²) in [6.07, 6.45) is 0.368. The molecule has 0 saturated carbocycles. The highest BCUT2D eigenvalue weighted by Gasteiger charge is 2.21. The maximum absolute atomic E-state index is 13.5. The van der Waals surface area contributed by atoms with E-state index >= 15 is 0 Å². The molecule has 33 heavy (non-hydrogen) atoms. The molecular formula is C28H18BrNO2S. The first-order chi connectivity index (χ1) is 16.2. The Labute approximate surface area is 204 Å². The standard InChI is InChI=1S/C28H18BrNO2S/c29-27-21-12-10-20(17-19(21)11-13-24(27)32-15-14-30)28-26(22-8-4-5-9-25(22)33-28)23(31)16-18-6-2-1-3-7-18/h1-13,17H,15-16H2. The van der Waals surface area contributed by atoms with Crippen molar-refractivity contribution >= 4 is 53.9 Å². The van der Waals surface area contributed by atoms with Crippen molar-refractivity contribution in [2.45, 2.75) is 6.42 Å². The lowest BCUT2D eigenvalue weighted by Crippen LogP contribution is -2.04. The largest absolute Gasteiger partial charge is 0.478 e. The van der Waals surface area contributed by atoms with Gasteiger partial charge in [0.25, 0.3) is 0 Å². The van der Waals surface area contributed by atoms with Gasteiger partial charge < -0.3 is 4.74 Å². The van der Waals surface area contributed by atoms with E-state index in [9.17, 15) is 4.79 Å². The molecule has 0 N–H and O–H groups in total. The zero-order chi connectivity index (χ0) is 22.8. The number of hydrogen-bond donors (Lipinski definition) is 0. The number of halogens is 1. The van der Waals surface area contributed by atoms with Gasteiger partial charge in [0.05, 0.1) is 4.47 Å². The van der Waals surface area contributed by atoms with Crippen LogP contribution in [0.3, 0.4) is 0 Å². The monoisotopic (exact) mass is 511 g/mol. The van der Waals surface area contributed by atoms with Gasteiger partial charge >= 0.3 is 0 Å². The van der Waals surface area contributed by atoms with Crippen LogP contribution in [0.15, 0.2) is 89.4 Å². The Kier molecular flexibility index (Phi) is 5.95. The first kappa shape index (κ1) is 21.4. The van der Waals surface area contributed by atoms with Crippen molar-refractivity contribution in [1.29, 1.82) is 5.26 Å². The highest BCUT2D eigenvalue weighted by Crippen LogP contribution is 2.41. The number of benzene rings is 4. The SMILES string of the molecule is N#CCOc1ccc2cc(-c3sc4ccccc4c3C(=O)Cc3ccccc3)ccc2c1Br. The topological polar surface area (TPSA) is 50.1 Å². The molecule has 5 aromatic rings. The number of ketones is 1. The van der Waals surface area contributed by atoms with Crippen molar-refractivity contribution < 1.29 is 9.53 Å². The zero-order valence-corrected chi connectivity index (χ0v) is 19.9. The Balaban J connectivity index is 1.61. The van der Waals surface area contributed by atoms with Crippen LogP contribution in [0.5, 0.6) is 5.75 Å². The number of fused-ring (bicyclic) bond motifs is 2. The molecule has 5 rings (SSSR count). The van der Waals surface area contributed by atoms with Crippen molar-refractivity contribution in [3.8, 4) is 22.3 Å². The molecular weight excluding hydrogens is 494 g/mol. The number of rotatable bonds is 6. The third-order valence-electron chi connectivity index (χ3n) is 5.55. The first-order valence-corrected chi connectivity index (χ1v) is 12.1. The molecule has 1 heterocycles. The number of carbonyl (C=O) groups is 1. The molecule has 0 aliphatic rings. The summed E-state index contributed by atoms with van der Waals surface area (Å²) in [6.45, 7) is -0.00311. The van der Waals surface area contributed by atoms with E-state index in [1.807, 2.05) is 78.9 Å². The second-order valence-electron chi connectivity index (χ2n) is 7.65. The smallest absolute Gasteiger partial charge is 0.174 e. The minimum absolute atomic E-state index is 0.00311. The molecule has 5 heteroatoms. The average Bonchev–Trinajstić information content (AvgIpc) is 3.24. The molecule has 0 amide bonds. The Bertz CT molecular complexity index is 1530. The third kappa shape index (κ3) is 4.16. The van der Waals surface area contributed by atoms with Gasteiger partial charge in [0.1, 0.15) is 11.8 Å². The second kappa shape index (κ2) is 9.19. The first-order valence-electron chi connectivity index (χ1n) is 10.5. The number of nitriles is 1. The van der Waals surface area contributed by atoms with Crippen LogP contribution in [0.1, 0.15) is 15.9 Å². The third-order valence-corrected chi connectivity index (χ3v) is 7.59. The van der Waals surface area contributed by atoms with E-state index in [1.165, 1.54) is 0 Å². The van der Waals surface area contributed by atoms with Crippen LogP contribution in [0, 0.1) is 11.3 Å². The van der Waals surface area contributed by atoms with E-state index in [4.69, 9.17) is 10.00 Å². The van der Waals surface area contributed by atoms with Crippen molar-refractivity contribution in [2.24, 2.45) is 0 Å². The van der Waals surface area contributed by atoms with Crippen LogP contribution in [-0.4, -0.2) is 12.4 Å². The van der Waals surface area contributed by atoms with Crippen LogP contribution >= 0.6 is 27.3 Å². The van der Waals surface area contributed by atoms with Crippen LogP contribution in [0.4, 0.5) is 0 Å². The molecule has 0 fully saturated rings. The molecule has 0 saturated heterocycles. The summed E-state index contributed by atoms with van der Waals surface area (Å²) < 4.78 is 7.43. The molecule has 0 radical (unpaired) electrons. The highest BCUT2D eigenvalue weighted by atomic mass is 79.9. The van der Waals surface area contributed by atoms with Gasteiger partial charge in [0.2, 0.25) is 0 Å². The lowest BCUT2D eigenvalue weighted by Gasteiger charge is -2.10. The van der Waals surface area contributed by atoms with Gasteiger partial charge in [-0.1, -0.05) is 66.7 Å². The Morgan fingerprint density at radius 1 is 0.939 bits per heavy atom. The number of hydrogen-bond acceptors (Lipinski definition) is 4. The Hall–Kier alpha value is -3.46. The maximum Gasteiger partial charge on any atom is 0.174 e. The predicted molar refractivity (Wildman–Crippen MR) is 138 cm³/mol. The van der Waals surface area contributed by atoms with E-state index in [2.05, 4.69) is 28.1 Å². The highest BCUT2D eigenvalue weighted by molar-refractivity contribution is 9.10. The van der Waals surface area contributed by atoms with Gasteiger partial charge in [-0.2, -0.15) is 5.26 Å². The van der Waals surface area contributed by atoms with E-state index in [0.29, 0.717) is 12.2 Å². The van der Waals surface area contributed by atoms with Crippen molar-refractivity contribution in [3.05, 3.63) is 101 Å². The average molecular weight is 512 g/mol. The molecule has 1 aromatic heterocycles. The number of Topliss-reactive ketones (excluding diaryl/α,β-unsaturated/α-hetero) is 1. The van der Waals surface area contributed by atoms with Crippen molar-refractivity contribution in [2.75, 3.05) is 6.61 Å². The summed E-state index contributed by atoms with van der Waals surface area (Å²) in [5.74, 6) is 0.757. The van der Waals surface area contributed by atoms with E-state index in [-0.39, 0.29) is 12.4 Å². The van der Waals surface area contributed by atoms with Crippen LogP contribution < -0.4 is 4.74 Å². The van der Waals surface area contributed by atoms with Crippen LogP contribution in [0.25, 0.3) is 31.3 Å². The molecule has 0 bridgehead atoms. The summed E-state index contributed by atoms with van der Waals surface area (Å²) in [5, 5.41) is 11.8. The fourth-order valence-corrected chi connectivity index (χ4v) is 5.85. The Morgan fingerprint density at radius 3 is 2.55 bits per heavy atom. The molecule has 0 aliphatic heterocycles. The number of thiophene rings is 1. The summed E-state index contributed by atoms with van der Waals surface area (Å²) >= 11 is 5.26. The minimum Gasteiger partial charge on any atom is -0.478 e. The summed E-state index contributed by atoms with van der Waals surface area (Å²) in [5.41, 5.74) is 2.81. The van der Waals surface area contributed by atoms with E-state index in [1.54, 1.807) is 11.3 Å². The molecule has 4 aromatic carbocycles. The quantitative estimate of drug-likeness (QED) is 0.218. The van der Waals surface area contributed by atoms with Crippen LogP contribution in [-0.2, 0) is 6.42 Å². The number of nitrogens with zero attached hydrogens (tertiary/aromatic N) is 1. The summed E-state index contributed by atoms with van der Waals surface area (Å²) in [4.78, 5) is 14.5. The zero-order valence-electron chi connectivity index (χ0n) is 17.5. The van der Waals surface area contributed by atoms with Crippen molar-refractivity contribution in [1.82, 2.24) is 0 Å². The lowest BCUT2D eigenvalue weighted by molar-refractivity contribution is 0.0995.